The van der Waals surface area contributed by atoms with Crippen LogP contribution in [0.1, 0.15) is 31.2 Å². The highest BCUT2D eigenvalue weighted by Crippen LogP contribution is 2.27. The van der Waals surface area contributed by atoms with E-state index in [1.54, 1.807) is 0 Å². The molecule has 1 aliphatic heterocycles. The van der Waals surface area contributed by atoms with E-state index in [2.05, 4.69) is 0 Å². The second-order valence-electron chi connectivity index (χ2n) is 6.98. The summed E-state index contributed by atoms with van der Waals surface area (Å²) in [5, 5.41) is 0. The molecule has 0 radical (unpaired) electrons. The van der Waals surface area contributed by atoms with Crippen molar-refractivity contribution in [3.63, 3.8) is 0 Å². The molecule has 1 aromatic rings. The fourth-order valence-electron chi connectivity index (χ4n) is 3.76. The first-order valence-corrected chi connectivity index (χ1v) is 8.98. The summed E-state index contributed by atoms with van der Waals surface area (Å²) < 4.78 is 0. The van der Waals surface area contributed by atoms with Crippen molar-refractivity contribution in [2.75, 3.05) is 26.2 Å². The minimum atomic E-state index is 0.145. The van der Waals surface area contributed by atoms with Gasteiger partial charge in [0.1, 0.15) is 0 Å². The summed E-state index contributed by atoms with van der Waals surface area (Å²) in [6.07, 6.45) is 4.26. The Morgan fingerprint density at radius 1 is 0.958 bits per heavy atom. The number of benzene rings is 1. The number of nitrogens with zero attached hydrogens (tertiary/aromatic N) is 2. The van der Waals surface area contributed by atoms with Gasteiger partial charge < -0.3 is 15.5 Å². The van der Waals surface area contributed by atoms with Crippen molar-refractivity contribution in [1.29, 1.82) is 0 Å². The van der Waals surface area contributed by atoms with Gasteiger partial charge in [-0.2, -0.15) is 0 Å². The molecule has 2 amide bonds. The summed E-state index contributed by atoms with van der Waals surface area (Å²) in [5.41, 5.74) is 7.11. The zero-order valence-corrected chi connectivity index (χ0v) is 14.2. The van der Waals surface area contributed by atoms with Crippen LogP contribution in [0.4, 0.5) is 0 Å². The average molecular weight is 329 g/mol. The van der Waals surface area contributed by atoms with Gasteiger partial charge in [-0.1, -0.05) is 36.8 Å². The minimum Gasteiger partial charge on any atom is -0.339 e. The molecular weight excluding hydrogens is 302 g/mol. The third-order valence-electron chi connectivity index (χ3n) is 5.34. The highest BCUT2D eigenvalue weighted by atomic mass is 16.2. The van der Waals surface area contributed by atoms with Gasteiger partial charge in [-0.3, -0.25) is 9.59 Å². The predicted octanol–water partition coefficient (Wildman–Crippen LogP) is 1.42. The molecule has 1 saturated carbocycles. The molecule has 1 saturated heterocycles. The summed E-state index contributed by atoms with van der Waals surface area (Å²) >= 11 is 0. The molecule has 2 atom stereocenters. The molecule has 1 heterocycles. The van der Waals surface area contributed by atoms with Crippen molar-refractivity contribution in [2.45, 2.75) is 38.1 Å². The van der Waals surface area contributed by atoms with Crippen LogP contribution in [0, 0.1) is 5.92 Å². The van der Waals surface area contributed by atoms with Gasteiger partial charge in [-0.25, -0.2) is 0 Å². The molecule has 130 valence electrons. The molecule has 0 aromatic heterocycles. The zero-order chi connectivity index (χ0) is 16.9. The first-order valence-electron chi connectivity index (χ1n) is 8.98. The molecule has 1 aromatic carbocycles. The van der Waals surface area contributed by atoms with Crippen molar-refractivity contribution < 1.29 is 9.59 Å². The third-order valence-corrected chi connectivity index (χ3v) is 5.34. The largest absolute Gasteiger partial charge is 0.339 e. The Bertz CT molecular complexity index is 567. The molecule has 2 aliphatic rings. The Kier molecular flexibility index (Phi) is 5.51. The van der Waals surface area contributed by atoms with Crippen LogP contribution < -0.4 is 5.73 Å². The van der Waals surface area contributed by atoms with Crippen molar-refractivity contribution in [2.24, 2.45) is 11.7 Å². The van der Waals surface area contributed by atoms with E-state index in [0.29, 0.717) is 44.9 Å². The average Bonchev–Trinajstić information content (AvgIpc) is 3.00. The van der Waals surface area contributed by atoms with Gasteiger partial charge in [0.15, 0.2) is 0 Å². The van der Waals surface area contributed by atoms with Gasteiger partial charge >= 0.3 is 0 Å². The van der Waals surface area contributed by atoms with Crippen LogP contribution in [-0.4, -0.2) is 53.8 Å². The Balaban J connectivity index is 1.45. The lowest BCUT2D eigenvalue weighted by Gasteiger charge is -2.35. The molecule has 0 unspecified atom stereocenters. The number of carbonyl (C=O) groups excluding carboxylic acids is 2. The van der Waals surface area contributed by atoms with Crippen molar-refractivity contribution in [3.05, 3.63) is 35.9 Å². The van der Waals surface area contributed by atoms with Gasteiger partial charge in [-0.15, -0.1) is 0 Å². The number of hydrogen-bond acceptors (Lipinski definition) is 3. The second-order valence-corrected chi connectivity index (χ2v) is 6.98. The Labute approximate surface area is 143 Å². The smallest absolute Gasteiger partial charge is 0.227 e. The van der Waals surface area contributed by atoms with Crippen molar-refractivity contribution in [1.82, 2.24) is 9.80 Å². The second kappa shape index (κ2) is 7.79. The molecule has 5 heteroatoms. The van der Waals surface area contributed by atoms with E-state index in [4.69, 9.17) is 5.73 Å². The Hall–Kier alpha value is -1.88. The standard InChI is InChI=1S/C19H27N3O2/c20-17-8-4-7-16(17)14-19(24)22-11-9-21(10-12-22)18(23)13-15-5-2-1-3-6-15/h1-3,5-6,16-17H,4,7-14,20H2/t16-,17+/m0/s1. The van der Waals surface area contributed by atoms with E-state index in [9.17, 15) is 9.59 Å². The topological polar surface area (TPSA) is 66.6 Å². The highest BCUT2D eigenvalue weighted by molar-refractivity contribution is 5.80. The van der Waals surface area contributed by atoms with Gasteiger partial charge in [0.05, 0.1) is 6.42 Å². The van der Waals surface area contributed by atoms with Gasteiger partial charge in [0.2, 0.25) is 11.8 Å². The maximum Gasteiger partial charge on any atom is 0.227 e. The van der Waals surface area contributed by atoms with E-state index < -0.39 is 0 Å². The quantitative estimate of drug-likeness (QED) is 0.908. The molecule has 5 nitrogen and oxygen atoms in total. The number of piperazine rings is 1. The van der Waals surface area contributed by atoms with Gasteiger partial charge in [-0.05, 0) is 24.3 Å². The fraction of sp³-hybridized carbons (Fsp3) is 0.579. The normalized spacial score (nSPS) is 24.2. The summed E-state index contributed by atoms with van der Waals surface area (Å²) in [6, 6.07) is 9.99. The molecule has 24 heavy (non-hydrogen) atoms. The molecule has 2 N–H and O–H groups in total. The Morgan fingerprint density at radius 2 is 1.58 bits per heavy atom. The van der Waals surface area contributed by atoms with E-state index in [-0.39, 0.29) is 17.9 Å². The van der Waals surface area contributed by atoms with Crippen LogP contribution in [0.3, 0.4) is 0 Å². The molecule has 3 rings (SSSR count). The summed E-state index contributed by atoms with van der Waals surface area (Å²) in [4.78, 5) is 28.6. The predicted molar refractivity (Wildman–Crippen MR) is 93.2 cm³/mol. The summed E-state index contributed by atoms with van der Waals surface area (Å²) in [7, 11) is 0. The molecule has 0 spiro atoms. The van der Waals surface area contributed by atoms with Gasteiger partial charge in [0.25, 0.3) is 0 Å². The maximum absolute atomic E-state index is 12.4. The summed E-state index contributed by atoms with van der Waals surface area (Å²) in [5.74, 6) is 0.689. The van der Waals surface area contributed by atoms with Crippen LogP contribution in [0.2, 0.25) is 0 Å². The lowest BCUT2D eigenvalue weighted by atomic mass is 9.99. The number of nitrogens with two attached hydrogens (primary N) is 1. The lowest BCUT2D eigenvalue weighted by Crippen LogP contribution is -2.51. The Morgan fingerprint density at radius 3 is 2.17 bits per heavy atom. The SMILES string of the molecule is N[C@@H]1CCC[C@H]1CC(=O)N1CCN(C(=O)Cc2ccccc2)CC1. The molecular formula is C19H27N3O2. The van der Waals surface area contributed by atoms with Crippen LogP contribution >= 0.6 is 0 Å². The number of hydrogen-bond donors (Lipinski definition) is 1. The fourth-order valence-corrected chi connectivity index (χ4v) is 3.76. The first-order chi connectivity index (χ1) is 11.6. The van der Waals surface area contributed by atoms with Crippen LogP contribution in [0.25, 0.3) is 0 Å². The maximum atomic E-state index is 12.4. The van der Waals surface area contributed by atoms with Crippen LogP contribution in [0.15, 0.2) is 30.3 Å². The van der Waals surface area contributed by atoms with Crippen molar-refractivity contribution in [3.8, 4) is 0 Å². The molecule has 1 aliphatic carbocycles. The van der Waals surface area contributed by atoms with E-state index in [1.807, 2.05) is 40.1 Å². The summed E-state index contributed by atoms with van der Waals surface area (Å²) in [6.45, 7) is 2.55. The number of carbonyl (C=O) groups is 2. The first kappa shape index (κ1) is 17.0. The minimum absolute atomic E-state index is 0.145. The number of amides is 2. The van der Waals surface area contributed by atoms with Crippen LogP contribution in [0.5, 0.6) is 0 Å². The molecule has 0 bridgehead atoms. The van der Waals surface area contributed by atoms with Gasteiger partial charge in [0, 0.05) is 38.6 Å². The van der Waals surface area contributed by atoms with E-state index >= 15 is 0 Å². The number of rotatable bonds is 4. The zero-order valence-electron chi connectivity index (χ0n) is 14.2. The monoisotopic (exact) mass is 329 g/mol. The lowest BCUT2D eigenvalue weighted by molar-refractivity contribution is -0.139. The van der Waals surface area contributed by atoms with Crippen molar-refractivity contribution >= 4 is 11.8 Å². The van der Waals surface area contributed by atoms with E-state index in [1.165, 1.54) is 0 Å². The molecule has 2 fully saturated rings. The third kappa shape index (κ3) is 4.15. The highest BCUT2D eigenvalue weighted by Gasteiger charge is 2.30. The van der Waals surface area contributed by atoms with Crippen LogP contribution in [-0.2, 0) is 16.0 Å². The van der Waals surface area contributed by atoms with E-state index in [0.717, 1.165) is 24.8 Å².